The molecule has 0 saturated carbocycles. The summed E-state index contributed by atoms with van der Waals surface area (Å²) in [6, 6.07) is 17.1. The molecule has 1 amide bonds. The molecule has 5 rings (SSSR count). The van der Waals surface area contributed by atoms with Crippen molar-refractivity contribution in [3.8, 4) is 11.5 Å². The Balaban J connectivity index is 1.68. The largest absolute Gasteiger partial charge is 0.507 e. The summed E-state index contributed by atoms with van der Waals surface area (Å²) >= 11 is 1.22. The smallest absolute Gasteiger partial charge is 0.337 e. The average molecular weight is 531 g/mol. The number of hydrogen-bond acceptors (Lipinski definition) is 9. The zero-order valence-electron chi connectivity index (χ0n) is 20.6. The van der Waals surface area contributed by atoms with Crippen LogP contribution in [0.5, 0.6) is 11.5 Å². The van der Waals surface area contributed by atoms with Crippen LogP contribution in [0.1, 0.15) is 27.5 Å². The zero-order valence-corrected chi connectivity index (χ0v) is 21.4. The molecule has 192 valence electrons. The number of ether oxygens (including phenoxy) is 3. The fourth-order valence-electron chi connectivity index (χ4n) is 4.29. The monoisotopic (exact) mass is 530 g/mol. The molecule has 4 aromatic rings. The Bertz CT molecular complexity index is 1590. The molecule has 1 aromatic heterocycles. The topological polar surface area (TPSA) is 115 Å². The van der Waals surface area contributed by atoms with E-state index in [9.17, 15) is 19.5 Å². The average Bonchev–Trinajstić information content (AvgIpc) is 3.49. The van der Waals surface area contributed by atoms with Gasteiger partial charge < -0.3 is 19.3 Å². The molecule has 0 bridgehead atoms. The molecule has 10 heteroatoms. The summed E-state index contributed by atoms with van der Waals surface area (Å²) in [5.41, 5.74) is 1.68. The lowest BCUT2D eigenvalue weighted by Crippen LogP contribution is -2.29. The fraction of sp³-hybridized carbons (Fsp3) is 0.143. The fourth-order valence-corrected chi connectivity index (χ4v) is 5.31. The third-order valence-electron chi connectivity index (χ3n) is 6.25. The molecule has 1 aliphatic rings. The van der Waals surface area contributed by atoms with Crippen LogP contribution < -0.4 is 14.4 Å². The Morgan fingerprint density at radius 3 is 2.16 bits per heavy atom. The maximum absolute atomic E-state index is 13.4. The minimum absolute atomic E-state index is 0.0946. The number of rotatable bonds is 6. The number of amides is 1. The van der Waals surface area contributed by atoms with Gasteiger partial charge in [0.25, 0.3) is 5.78 Å². The van der Waals surface area contributed by atoms with Crippen molar-refractivity contribution in [1.82, 2.24) is 4.98 Å². The van der Waals surface area contributed by atoms with Crippen LogP contribution in [-0.4, -0.2) is 49.1 Å². The highest BCUT2D eigenvalue weighted by atomic mass is 32.1. The summed E-state index contributed by atoms with van der Waals surface area (Å²) in [5, 5.41) is 11.6. The van der Waals surface area contributed by atoms with E-state index in [1.54, 1.807) is 61.7 Å². The number of benzene rings is 3. The second-order valence-electron chi connectivity index (χ2n) is 8.34. The van der Waals surface area contributed by atoms with E-state index in [-0.39, 0.29) is 16.5 Å². The number of methoxy groups -OCH3 is 3. The molecule has 3 aromatic carbocycles. The zero-order chi connectivity index (χ0) is 27.0. The van der Waals surface area contributed by atoms with E-state index in [4.69, 9.17) is 14.2 Å². The Morgan fingerprint density at radius 1 is 0.895 bits per heavy atom. The van der Waals surface area contributed by atoms with Crippen LogP contribution in [0.25, 0.3) is 16.0 Å². The van der Waals surface area contributed by atoms with Crippen molar-refractivity contribution >= 4 is 50.1 Å². The van der Waals surface area contributed by atoms with E-state index in [1.165, 1.54) is 42.6 Å². The van der Waals surface area contributed by atoms with Gasteiger partial charge in [0.05, 0.1) is 48.7 Å². The third kappa shape index (κ3) is 4.24. The van der Waals surface area contributed by atoms with Gasteiger partial charge in [-0.05, 0) is 60.2 Å². The summed E-state index contributed by atoms with van der Waals surface area (Å²) < 4.78 is 16.0. The molecule has 1 fully saturated rings. The van der Waals surface area contributed by atoms with Gasteiger partial charge in [0.15, 0.2) is 5.13 Å². The van der Waals surface area contributed by atoms with Crippen molar-refractivity contribution in [3.05, 3.63) is 89.0 Å². The maximum Gasteiger partial charge on any atom is 0.337 e. The minimum Gasteiger partial charge on any atom is -0.507 e. The van der Waals surface area contributed by atoms with E-state index in [0.717, 1.165) is 4.70 Å². The normalized spacial score (nSPS) is 16.6. The van der Waals surface area contributed by atoms with Crippen LogP contribution in [0.2, 0.25) is 0 Å². The van der Waals surface area contributed by atoms with Crippen molar-refractivity contribution < 1.29 is 33.7 Å². The van der Waals surface area contributed by atoms with Crippen LogP contribution in [0.4, 0.5) is 5.13 Å². The Kier molecular flexibility index (Phi) is 6.56. The van der Waals surface area contributed by atoms with E-state index < -0.39 is 23.7 Å². The maximum atomic E-state index is 13.4. The molecule has 0 spiro atoms. The first-order valence-electron chi connectivity index (χ1n) is 11.4. The number of thiazole rings is 1. The lowest BCUT2D eigenvalue weighted by molar-refractivity contribution is -0.132. The number of fused-ring (bicyclic) bond motifs is 1. The number of aliphatic hydroxyl groups excluding tert-OH is 1. The van der Waals surface area contributed by atoms with Crippen LogP contribution in [0, 0.1) is 0 Å². The molecule has 0 radical (unpaired) electrons. The van der Waals surface area contributed by atoms with Crippen LogP contribution in [-0.2, 0) is 14.3 Å². The van der Waals surface area contributed by atoms with Crippen molar-refractivity contribution in [2.45, 2.75) is 6.04 Å². The molecule has 38 heavy (non-hydrogen) atoms. The van der Waals surface area contributed by atoms with Gasteiger partial charge >= 0.3 is 11.9 Å². The van der Waals surface area contributed by atoms with Gasteiger partial charge in [-0.25, -0.2) is 9.78 Å². The summed E-state index contributed by atoms with van der Waals surface area (Å²) in [7, 11) is 4.35. The molecular weight excluding hydrogens is 508 g/mol. The molecular formula is C28H22N2O7S. The molecule has 2 heterocycles. The predicted octanol–water partition coefficient (Wildman–Crippen LogP) is 4.73. The number of aliphatic hydroxyl groups is 1. The van der Waals surface area contributed by atoms with Gasteiger partial charge in [-0.15, -0.1) is 0 Å². The molecule has 1 saturated heterocycles. The van der Waals surface area contributed by atoms with Gasteiger partial charge in [0.2, 0.25) is 0 Å². The number of ketones is 1. The van der Waals surface area contributed by atoms with Crippen LogP contribution >= 0.6 is 11.3 Å². The minimum atomic E-state index is -0.994. The molecule has 1 atom stereocenters. The number of hydrogen-bond donors (Lipinski definition) is 1. The van der Waals surface area contributed by atoms with Crippen LogP contribution in [0.3, 0.4) is 0 Å². The molecule has 0 aliphatic carbocycles. The van der Waals surface area contributed by atoms with E-state index >= 15 is 0 Å². The highest BCUT2D eigenvalue weighted by molar-refractivity contribution is 7.22. The highest BCUT2D eigenvalue weighted by Crippen LogP contribution is 2.44. The Hall–Kier alpha value is -4.70. The first-order chi connectivity index (χ1) is 18.4. The number of carbonyl (C=O) groups excluding carboxylic acids is 3. The number of Topliss-reactive ketones (excluding diaryl/α,β-unsaturated/α-hetero) is 1. The lowest BCUT2D eigenvalue weighted by atomic mass is 9.94. The molecule has 9 nitrogen and oxygen atoms in total. The second-order valence-corrected chi connectivity index (χ2v) is 9.35. The van der Waals surface area contributed by atoms with Crippen molar-refractivity contribution in [3.63, 3.8) is 0 Å². The van der Waals surface area contributed by atoms with E-state index in [1.807, 2.05) is 0 Å². The quantitative estimate of drug-likeness (QED) is 0.165. The van der Waals surface area contributed by atoms with E-state index in [0.29, 0.717) is 33.7 Å². The second kappa shape index (κ2) is 9.98. The number of esters is 1. The lowest BCUT2D eigenvalue weighted by Gasteiger charge is -2.23. The summed E-state index contributed by atoms with van der Waals surface area (Å²) in [4.78, 5) is 44.7. The van der Waals surface area contributed by atoms with Gasteiger partial charge in [0, 0.05) is 5.56 Å². The van der Waals surface area contributed by atoms with Gasteiger partial charge in [-0.1, -0.05) is 23.5 Å². The summed E-state index contributed by atoms with van der Waals surface area (Å²) in [5.74, 6) is -1.33. The third-order valence-corrected chi connectivity index (χ3v) is 7.26. The highest BCUT2D eigenvalue weighted by Gasteiger charge is 2.48. The van der Waals surface area contributed by atoms with E-state index in [2.05, 4.69) is 4.98 Å². The number of carbonyl (C=O) groups is 3. The first-order valence-corrected chi connectivity index (χ1v) is 12.3. The summed E-state index contributed by atoms with van der Waals surface area (Å²) in [6.07, 6.45) is 0. The van der Waals surface area contributed by atoms with Crippen molar-refractivity contribution in [2.75, 3.05) is 26.2 Å². The van der Waals surface area contributed by atoms with Gasteiger partial charge in [0.1, 0.15) is 17.3 Å². The Labute approximate surface area is 221 Å². The SMILES string of the molecule is COC(=O)c1ccc(C2/C(=C(\O)c3ccc(OC)cc3)C(=O)C(=O)N2c2nc3ccc(OC)cc3s2)cc1. The molecule has 1 unspecified atom stereocenters. The number of aromatic nitrogens is 1. The van der Waals surface area contributed by atoms with Gasteiger partial charge in [-0.3, -0.25) is 14.5 Å². The standard InChI is InChI=1S/C28H22N2O7S/c1-35-18-10-8-16(9-11-18)24(31)22-23(15-4-6-17(7-5-15)27(34)37-3)30(26(33)25(22)32)28-29-20-13-12-19(36-2)14-21(20)38-28/h4-14,23,31H,1-3H3/b24-22+. The van der Waals surface area contributed by atoms with Crippen molar-refractivity contribution in [2.24, 2.45) is 0 Å². The van der Waals surface area contributed by atoms with Crippen molar-refractivity contribution in [1.29, 1.82) is 0 Å². The molecule has 1 aliphatic heterocycles. The van der Waals surface area contributed by atoms with Crippen LogP contribution in [0.15, 0.2) is 72.3 Å². The summed E-state index contributed by atoms with van der Waals surface area (Å²) in [6.45, 7) is 0. The number of nitrogens with zero attached hydrogens (tertiary/aromatic N) is 2. The molecule has 1 N–H and O–H groups in total. The predicted molar refractivity (Wildman–Crippen MR) is 142 cm³/mol. The Morgan fingerprint density at radius 2 is 1.53 bits per heavy atom. The first kappa shape index (κ1) is 25.0. The number of anilines is 1. The van der Waals surface area contributed by atoms with Gasteiger partial charge in [-0.2, -0.15) is 0 Å².